The molecule has 2 heterocycles. The minimum atomic E-state index is -4.08. The van der Waals surface area contributed by atoms with Crippen LogP contribution >= 0.6 is 0 Å². The van der Waals surface area contributed by atoms with Crippen molar-refractivity contribution >= 4 is 33.3 Å². The van der Waals surface area contributed by atoms with Gasteiger partial charge in [0.15, 0.2) is 10.5 Å². The number of sulfonamides is 1. The minimum Gasteiger partial charge on any atom is -0.444 e. The van der Waals surface area contributed by atoms with E-state index < -0.39 is 37.2 Å². The van der Waals surface area contributed by atoms with Gasteiger partial charge in [0.05, 0.1) is 11.1 Å². The molecule has 0 bridgehead atoms. The summed E-state index contributed by atoms with van der Waals surface area (Å²) < 4.78 is 34.4. The zero-order valence-electron chi connectivity index (χ0n) is 22.1. The van der Waals surface area contributed by atoms with Crippen LogP contribution in [0.3, 0.4) is 0 Å². The monoisotopic (exact) mass is 567 g/mol. The fourth-order valence-corrected chi connectivity index (χ4v) is 5.00. The van der Waals surface area contributed by atoms with Gasteiger partial charge in [-0.05, 0) is 50.1 Å². The number of anilines is 1. The first-order chi connectivity index (χ1) is 18.9. The van der Waals surface area contributed by atoms with E-state index in [0.29, 0.717) is 11.5 Å². The Hall–Kier alpha value is -4.56. The number of carbonyl (C=O) groups is 1. The minimum absolute atomic E-state index is 0.0277. The lowest BCUT2D eigenvalue weighted by atomic mass is 10.1. The maximum absolute atomic E-state index is 12.6. The Balaban J connectivity index is 1.41. The molecule has 14 heteroatoms. The van der Waals surface area contributed by atoms with Gasteiger partial charge in [-0.3, -0.25) is 10.1 Å². The van der Waals surface area contributed by atoms with Crippen molar-refractivity contribution in [1.29, 1.82) is 0 Å². The van der Waals surface area contributed by atoms with Crippen LogP contribution in [-0.4, -0.2) is 52.7 Å². The Kier molecular flexibility index (Phi) is 8.30. The predicted octanol–water partition coefficient (Wildman–Crippen LogP) is 3.72. The maximum atomic E-state index is 12.6. The first kappa shape index (κ1) is 28.4. The van der Waals surface area contributed by atoms with Crippen LogP contribution in [0, 0.1) is 10.1 Å². The molecule has 0 fully saturated rings. The van der Waals surface area contributed by atoms with Crippen molar-refractivity contribution < 1.29 is 22.9 Å². The second kappa shape index (κ2) is 11.7. The van der Waals surface area contributed by atoms with Crippen LogP contribution in [0.1, 0.15) is 26.3 Å². The van der Waals surface area contributed by atoms with Crippen molar-refractivity contribution in [3.63, 3.8) is 0 Å². The lowest BCUT2D eigenvalue weighted by Gasteiger charge is -2.19. The Bertz CT molecular complexity index is 1650. The van der Waals surface area contributed by atoms with Gasteiger partial charge in [-0.1, -0.05) is 30.3 Å². The molecular weight excluding hydrogens is 538 g/mol. The number of benzene rings is 2. The Morgan fingerprint density at radius 1 is 1.10 bits per heavy atom. The largest absolute Gasteiger partial charge is 0.444 e. The van der Waals surface area contributed by atoms with Crippen molar-refractivity contribution in [3.05, 3.63) is 82.7 Å². The average molecular weight is 568 g/mol. The highest BCUT2D eigenvalue weighted by Crippen LogP contribution is 2.25. The third-order valence-electron chi connectivity index (χ3n) is 5.52. The summed E-state index contributed by atoms with van der Waals surface area (Å²) in [6.45, 7) is 5.82. The molecule has 1 amide bonds. The third kappa shape index (κ3) is 7.09. The van der Waals surface area contributed by atoms with E-state index in [1.165, 1.54) is 18.2 Å². The van der Waals surface area contributed by atoms with E-state index in [4.69, 9.17) is 4.74 Å². The fourth-order valence-electron chi connectivity index (χ4n) is 3.80. The number of rotatable bonds is 10. The predicted molar refractivity (Wildman–Crippen MR) is 148 cm³/mol. The van der Waals surface area contributed by atoms with Gasteiger partial charge in [0.2, 0.25) is 10.0 Å². The van der Waals surface area contributed by atoms with Gasteiger partial charge in [-0.25, -0.2) is 27.4 Å². The molecule has 0 aliphatic heterocycles. The van der Waals surface area contributed by atoms with Gasteiger partial charge in [0, 0.05) is 37.5 Å². The number of amides is 1. The zero-order valence-corrected chi connectivity index (χ0v) is 22.9. The highest BCUT2D eigenvalue weighted by Gasteiger charge is 2.24. The summed E-state index contributed by atoms with van der Waals surface area (Å²) in [6.07, 6.45) is 2.91. The molecule has 0 spiro atoms. The molecule has 4 rings (SSSR count). The first-order valence-electron chi connectivity index (χ1n) is 12.3. The van der Waals surface area contributed by atoms with Crippen molar-refractivity contribution in [3.8, 4) is 11.1 Å². The van der Waals surface area contributed by atoms with Crippen molar-refractivity contribution in [2.24, 2.45) is 0 Å². The van der Waals surface area contributed by atoms with Gasteiger partial charge >= 0.3 is 6.09 Å². The number of fused-ring (bicyclic) bond motifs is 1. The van der Waals surface area contributed by atoms with Crippen molar-refractivity contribution in [2.75, 3.05) is 18.4 Å². The number of para-hydroxylation sites is 1. The van der Waals surface area contributed by atoms with Crippen molar-refractivity contribution in [2.45, 2.75) is 37.8 Å². The molecule has 4 aromatic rings. The summed E-state index contributed by atoms with van der Waals surface area (Å²) in [7, 11) is -4.08. The summed E-state index contributed by atoms with van der Waals surface area (Å²) in [5.74, 6) is 0.488. The smallest absolute Gasteiger partial charge is 0.407 e. The van der Waals surface area contributed by atoms with Gasteiger partial charge in [0.1, 0.15) is 11.4 Å². The number of alkyl carbamates (subject to hydrolysis) is 1. The number of carbonyl (C=O) groups excluding carboxylic acids is 1. The molecule has 0 radical (unpaired) electrons. The summed E-state index contributed by atoms with van der Waals surface area (Å²) in [5.41, 5.74) is 1.96. The van der Waals surface area contributed by atoms with Crippen LogP contribution in [0.15, 0.2) is 71.9 Å². The maximum Gasteiger partial charge on any atom is 0.407 e. The summed E-state index contributed by atoms with van der Waals surface area (Å²) in [5, 5.41) is 21.3. The second-order valence-electron chi connectivity index (χ2n) is 9.74. The summed E-state index contributed by atoms with van der Waals surface area (Å²) in [6, 6.07) is 14.4. The molecular formula is C26H29N7O6S. The molecule has 40 heavy (non-hydrogen) atoms. The highest BCUT2D eigenvalue weighted by atomic mass is 32.2. The van der Waals surface area contributed by atoms with Gasteiger partial charge in [-0.15, -0.1) is 0 Å². The van der Waals surface area contributed by atoms with Gasteiger partial charge < -0.3 is 15.4 Å². The van der Waals surface area contributed by atoms with Crippen LogP contribution < -0.4 is 15.4 Å². The zero-order chi connectivity index (χ0) is 28.9. The number of nitro groups is 1. The number of nitrogens with one attached hydrogen (secondary N) is 3. The van der Waals surface area contributed by atoms with Crippen molar-refractivity contribution in [1.82, 2.24) is 24.6 Å². The van der Waals surface area contributed by atoms with E-state index in [2.05, 4.69) is 25.4 Å². The quantitative estimate of drug-likeness (QED) is 0.147. The first-order valence-corrected chi connectivity index (χ1v) is 13.8. The third-order valence-corrected chi connectivity index (χ3v) is 7.03. The van der Waals surface area contributed by atoms with Gasteiger partial charge in [0.25, 0.3) is 5.69 Å². The standard InChI is InChI=1S/C26H29N7O6S/c1-26(2,3)39-25(34)28-16-18-7-6-8-19(15-18)20-17-29-32-14-11-23(31-24(20)32)27-12-13-30-40(37,38)22-10-5-4-9-21(22)33(35)36/h4-11,14-15,17,30H,12-13,16H2,1-3H3,(H,27,31)(H,28,34). The second-order valence-corrected chi connectivity index (χ2v) is 11.5. The normalized spacial score (nSPS) is 11.8. The molecule has 2 aromatic carbocycles. The van der Waals surface area contributed by atoms with Crippen LogP contribution in [0.5, 0.6) is 0 Å². The average Bonchev–Trinajstić information content (AvgIpc) is 3.32. The molecule has 13 nitrogen and oxygen atoms in total. The summed E-state index contributed by atoms with van der Waals surface area (Å²) >= 11 is 0. The van der Waals surface area contributed by atoms with Crippen LogP contribution in [-0.2, 0) is 21.3 Å². The highest BCUT2D eigenvalue weighted by molar-refractivity contribution is 7.89. The number of nitro benzene ring substituents is 1. The molecule has 0 saturated heterocycles. The molecule has 2 aromatic heterocycles. The molecule has 3 N–H and O–H groups in total. The number of ether oxygens (including phenoxy) is 1. The van der Waals surface area contributed by atoms with Crippen LogP contribution in [0.25, 0.3) is 16.8 Å². The van der Waals surface area contributed by atoms with Crippen LogP contribution in [0.4, 0.5) is 16.3 Å². The molecule has 0 unspecified atom stereocenters. The van der Waals surface area contributed by atoms with E-state index >= 15 is 0 Å². The SMILES string of the molecule is CC(C)(C)OC(=O)NCc1cccc(-c2cnn3ccc(NCCNS(=O)(=O)c4ccccc4[N+](=O)[O-])nc23)c1. The Morgan fingerprint density at radius 2 is 1.88 bits per heavy atom. The molecule has 0 aliphatic carbocycles. The number of nitrogens with zero attached hydrogens (tertiary/aromatic N) is 4. The van der Waals surface area contributed by atoms with E-state index in [9.17, 15) is 23.3 Å². The molecule has 0 aliphatic rings. The van der Waals surface area contributed by atoms with E-state index in [-0.39, 0.29) is 19.6 Å². The number of hydrogen-bond acceptors (Lipinski definition) is 9. The lowest BCUT2D eigenvalue weighted by molar-refractivity contribution is -0.387. The lowest BCUT2D eigenvalue weighted by Crippen LogP contribution is -2.32. The topological polar surface area (TPSA) is 170 Å². The van der Waals surface area contributed by atoms with E-state index in [0.717, 1.165) is 22.8 Å². The summed E-state index contributed by atoms with van der Waals surface area (Å²) in [4.78, 5) is 26.7. The fraction of sp³-hybridized carbons (Fsp3) is 0.269. The van der Waals surface area contributed by atoms with Crippen LogP contribution in [0.2, 0.25) is 0 Å². The number of aromatic nitrogens is 3. The molecule has 210 valence electrons. The van der Waals surface area contributed by atoms with Gasteiger partial charge in [-0.2, -0.15) is 5.10 Å². The number of hydrogen-bond donors (Lipinski definition) is 3. The van der Waals surface area contributed by atoms with E-state index in [1.54, 1.807) is 43.7 Å². The van der Waals surface area contributed by atoms with E-state index in [1.807, 2.05) is 24.3 Å². The Morgan fingerprint density at radius 3 is 2.62 bits per heavy atom. The molecule has 0 atom stereocenters. The Labute approximate surface area is 230 Å². The molecule has 0 saturated carbocycles.